The minimum Gasteiger partial charge on any atom is -0.497 e. The first kappa shape index (κ1) is 12.4. The van der Waals surface area contributed by atoms with E-state index in [2.05, 4.69) is 0 Å². The largest absolute Gasteiger partial charge is 0.497 e. The highest BCUT2D eigenvalue weighted by Crippen LogP contribution is 2.26. The summed E-state index contributed by atoms with van der Waals surface area (Å²) in [5.41, 5.74) is 1.33. The van der Waals surface area contributed by atoms with Gasteiger partial charge in [0.15, 0.2) is 0 Å². The standard InChI is InChI=1S/C13H15NO4/c1-17-9-3-4-10-11(13(16)18-2)8-14(5-6-15)12(10)7-9/h3-4,7-8,15H,5-6H2,1-2H3. The molecule has 96 valence electrons. The monoisotopic (exact) mass is 249 g/mol. The van der Waals surface area contributed by atoms with Gasteiger partial charge in [-0.2, -0.15) is 0 Å². The van der Waals surface area contributed by atoms with Crippen molar-refractivity contribution in [2.75, 3.05) is 20.8 Å². The van der Waals surface area contributed by atoms with Crippen molar-refractivity contribution in [1.29, 1.82) is 0 Å². The second-order valence-corrected chi connectivity index (χ2v) is 3.83. The quantitative estimate of drug-likeness (QED) is 0.833. The predicted octanol–water partition coefficient (Wildman–Crippen LogP) is 1.43. The molecule has 0 bridgehead atoms. The normalized spacial score (nSPS) is 10.6. The summed E-state index contributed by atoms with van der Waals surface area (Å²) in [6.45, 7) is 0.419. The third-order valence-electron chi connectivity index (χ3n) is 2.84. The predicted molar refractivity (Wildman–Crippen MR) is 66.9 cm³/mol. The molecule has 0 aliphatic heterocycles. The lowest BCUT2D eigenvalue weighted by molar-refractivity contribution is 0.0602. The lowest BCUT2D eigenvalue weighted by Crippen LogP contribution is -2.02. The van der Waals surface area contributed by atoms with E-state index in [0.717, 1.165) is 10.9 Å². The number of aliphatic hydroxyl groups is 1. The Hall–Kier alpha value is -2.01. The summed E-state index contributed by atoms with van der Waals surface area (Å²) in [5.74, 6) is 0.318. The van der Waals surface area contributed by atoms with E-state index in [1.807, 2.05) is 16.7 Å². The Morgan fingerprint density at radius 3 is 2.78 bits per heavy atom. The molecule has 0 saturated heterocycles. The molecule has 1 heterocycles. The van der Waals surface area contributed by atoms with Gasteiger partial charge in [0, 0.05) is 24.2 Å². The highest BCUT2D eigenvalue weighted by Gasteiger charge is 2.15. The Morgan fingerprint density at radius 1 is 1.39 bits per heavy atom. The van der Waals surface area contributed by atoms with E-state index in [0.29, 0.717) is 17.9 Å². The number of fused-ring (bicyclic) bond motifs is 1. The zero-order valence-electron chi connectivity index (χ0n) is 10.3. The van der Waals surface area contributed by atoms with Crippen molar-refractivity contribution < 1.29 is 19.4 Å². The molecule has 0 amide bonds. The van der Waals surface area contributed by atoms with Gasteiger partial charge in [-0.3, -0.25) is 0 Å². The third-order valence-corrected chi connectivity index (χ3v) is 2.84. The van der Waals surface area contributed by atoms with Crippen molar-refractivity contribution in [2.24, 2.45) is 0 Å². The molecule has 18 heavy (non-hydrogen) atoms. The van der Waals surface area contributed by atoms with Crippen molar-refractivity contribution >= 4 is 16.9 Å². The maximum absolute atomic E-state index is 11.7. The first-order chi connectivity index (χ1) is 8.71. The van der Waals surface area contributed by atoms with E-state index in [-0.39, 0.29) is 12.6 Å². The average molecular weight is 249 g/mol. The van der Waals surface area contributed by atoms with Gasteiger partial charge in [0.05, 0.1) is 31.9 Å². The Kier molecular flexibility index (Phi) is 3.53. The van der Waals surface area contributed by atoms with Crippen LogP contribution in [0.25, 0.3) is 10.9 Å². The van der Waals surface area contributed by atoms with Crippen LogP contribution in [0.3, 0.4) is 0 Å². The van der Waals surface area contributed by atoms with Gasteiger partial charge in [-0.25, -0.2) is 4.79 Å². The molecule has 0 aliphatic rings. The number of benzene rings is 1. The van der Waals surface area contributed by atoms with Crippen LogP contribution in [0, 0.1) is 0 Å². The van der Waals surface area contributed by atoms with Crippen LogP contribution in [0.15, 0.2) is 24.4 Å². The number of rotatable bonds is 4. The van der Waals surface area contributed by atoms with E-state index in [4.69, 9.17) is 14.6 Å². The highest BCUT2D eigenvalue weighted by atomic mass is 16.5. The van der Waals surface area contributed by atoms with Gasteiger partial charge in [-0.1, -0.05) is 0 Å². The summed E-state index contributed by atoms with van der Waals surface area (Å²) in [6, 6.07) is 5.43. The van der Waals surface area contributed by atoms with Crippen LogP contribution in [0.4, 0.5) is 0 Å². The molecule has 5 nitrogen and oxygen atoms in total. The van der Waals surface area contributed by atoms with Gasteiger partial charge < -0.3 is 19.1 Å². The van der Waals surface area contributed by atoms with Crippen LogP contribution in [0.5, 0.6) is 5.75 Å². The molecule has 5 heteroatoms. The van der Waals surface area contributed by atoms with Gasteiger partial charge in [-0.05, 0) is 12.1 Å². The van der Waals surface area contributed by atoms with Crippen molar-refractivity contribution in [2.45, 2.75) is 6.54 Å². The number of nitrogens with zero attached hydrogens (tertiary/aromatic N) is 1. The van der Waals surface area contributed by atoms with Gasteiger partial charge in [-0.15, -0.1) is 0 Å². The van der Waals surface area contributed by atoms with Gasteiger partial charge in [0.25, 0.3) is 0 Å². The molecule has 0 spiro atoms. The molecule has 1 aromatic heterocycles. The summed E-state index contributed by atoms with van der Waals surface area (Å²) < 4.78 is 11.7. The Morgan fingerprint density at radius 2 is 2.17 bits per heavy atom. The van der Waals surface area contributed by atoms with Crippen LogP contribution in [0.1, 0.15) is 10.4 Å². The highest BCUT2D eigenvalue weighted by molar-refractivity contribution is 6.04. The van der Waals surface area contributed by atoms with Crippen molar-refractivity contribution in [3.05, 3.63) is 30.0 Å². The van der Waals surface area contributed by atoms with Crippen LogP contribution in [-0.4, -0.2) is 36.5 Å². The van der Waals surface area contributed by atoms with E-state index in [1.54, 1.807) is 19.4 Å². The van der Waals surface area contributed by atoms with Crippen molar-refractivity contribution in [3.63, 3.8) is 0 Å². The van der Waals surface area contributed by atoms with E-state index in [1.165, 1.54) is 7.11 Å². The number of hydrogen-bond acceptors (Lipinski definition) is 4. The van der Waals surface area contributed by atoms with Crippen LogP contribution >= 0.6 is 0 Å². The van der Waals surface area contributed by atoms with Crippen LogP contribution in [-0.2, 0) is 11.3 Å². The average Bonchev–Trinajstić information content (AvgIpc) is 2.76. The number of methoxy groups -OCH3 is 2. The zero-order valence-corrected chi connectivity index (χ0v) is 10.3. The second-order valence-electron chi connectivity index (χ2n) is 3.83. The zero-order chi connectivity index (χ0) is 13.1. The van der Waals surface area contributed by atoms with E-state index in [9.17, 15) is 4.79 Å². The molecule has 0 radical (unpaired) electrons. The molecule has 2 aromatic rings. The van der Waals surface area contributed by atoms with Gasteiger partial charge >= 0.3 is 5.97 Å². The fraction of sp³-hybridized carbons (Fsp3) is 0.308. The number of aliphatic hydroxyl groups excluding tert-OH is 1. The number of carbonyl (C=O) groups is 1. The summed E-state index contributed by atoms with van der Waals surface area (Å²) in [7, 11) is 2.93. The Bertz CT molecular complexity index is 574. The first-order valence-electron chi connectivity index (χ1n) is 5.57. The van der Waals surface area contributed by atoms with E-state index < -0.39 is 0 Å². The molecule has 0 fully saturated rings. The van der Waals surface area contributed by atoms with Crippen molar-refractivity contribution in [3.8, 4) is 5.75 Å². The molecule has 2 rings (SSSR count). The molecule has 0 atom stereocenters. The molecule has 0 unspecified atom stereocenters. The molecule has 1 N–H and O–H groups in total. The minimum absolute atomic E-state index is 0.00159. The smallest absolute Gasteiger partial charge is 0.340 e. The van der Waals surface area contributed by atoms with Crippen LogP contribution in [0.2, 0.25) is 0 Å². The second kappa shape index (κ2) is 5.10. The molecular weight excluding hydrogens is 234 g/mol. The molecule has 0 aliphatic carbocycles. The Labute approximate surface area is 105 Å². The molecule has 1 aromatic carbocycles. The maximum Gasteiger partial charge on any atom is 0.340 e. The number of esters is 1. The molecular formula is C13H15NO4. The fourth-order valence-electron chi connectivity index (χ4n) is 1.96. The van der Waals surface area contributed by atoms with Crippen molar-refractivity contribution in [1.82, 2.24) is 4.57 Å². The maximum atomic E-state index is 11.7. The van der Waals surface area contributed by atoms with Gasteiger partial charge in [0.1, 0.15) is 5.75 Å². The van der Waals surface area contributed by atoms with E-state index >= 15 is 0 Å². The van der Waals surface area contributed by atoms with Gasteiger partial charge in [0.2, 0.25) is 0 Å². The lowest BCUT2D eigenvalue weighted by Gasteiger charge is -2.04. The summed E-state index contributed by atoms with van der Waals surface area (Å²) in [4.78, 5) is 11.7. The first-order valence-corrected chi connectivity index (χ1v) is 5.57. The summed E-state index contributed by atoms with van der Waals surface area (Å²) >= 11 is 0. The number of aromatic nitrogens is 1. The SMILES string of the molecule is COC(=O)c1cn(CCO)c2cc(OC)ccc12. The lowest BCUT2D eigenvalue weighted by atomic mass is 10.2. The third kappa shape index (κ3) is 2.04. The number of carbonyl (C=O) groups excluding carboxylic acids is 1. The fourth-order valence-corrected chi connectivity index (χ4v) is 1.96. The number of ether oxygens (including phenoxy) is 2. The topological polar surface area (TPSA) is 60.7 Å². The minimum atomic E-state index is -0.387. The number of hydrogen-bond donors (Lipinski definition) is 1. The summed E-state index contributed by atoms with van der Waals surface area (Å²) in [5, 5.41) is 9.83. The Balaban J connectivity index is 2.63. The molecule has 0 saturated carbocycles. The van der Waals surface area contributed by atoms with Crippen LogP contribution < -0.4 is 4.74 Å². The summed E-state index contributed by atoms with van der Waals surface area (Å²) in [6.07, 6.45) is 1.69.